The molecule has 14 rings (SSSR count). The smallest absolute Gasteiger partial charge is 0.164 e. The lowest BCUT2D eigenvalue weighted by Crippen LogP contribution is -1.87. The van der Waals surface area contributed by atoms with Gasteiger partial charge in [-0.3, -0.25) is 0 Å². The highest BCUT2D eigenvalue weighted by atomic mass is 35.5. The molecule has 0 spiro atoms. The molecule has 12 aromatic rings. The molecule has 9 aromatic carbocycles. The van der Waals surface area contributed by atoms with E-state index in [4.69, 9.17) is 48.1 Å². The van der Waals surface area contributed by atoms with Crippen LogP contribution in [0.4, 0.5) is 0 Å². The Hall–Kier alpha value is -7.97. The second-order valence-corrected chi connectivity index (χ2v) is 17.4. The van der Waals surface area contributed by atoms with Crippen LogP contribution < -0.4 is 0 Å². The van der Waals surface area contributed by atoms with Gasteiger partial charge in [0.25, 0.3) is 0 Å². The lowest BCUT2D eigenvalue weighted by molar-refractivity contribution is 1.21. The van der Waals surface area contributed by atoms with E-state index in [0.29, 0.717) is 44.5 Å². The number of aromatic nitrogens is 7. The van der Waals surface area contributed by atoms with Crippen LogP contribution in [0.5, 0.6) is 0 Å². The molecule has 0 amide bonds. The van der Waals surface area contributed by atoms with Gasteiger partial charge in [0.15, 0.2) is 17.5 Å². The van der Waals surface area contributed by atoms with Gasteiger partial charge in [-0.2, -0.15) is 0 Å². The molecule has 2 N–H and O–H groups in total. The van der Waals surface area contributed by atoms with Gasteiger partial charge in [0.2, 0.25) is 0 Å². The zero-order valence-corrected chi connectivity index (χ0v) is 35.1. The van der Waals surface area contributed by atoms with Crippen LogP contribution in [0.2, 0.25) is 10.0 Å². The number of nitrogens with one attached hydrogen (secondary N) is 2. The van der Waals surface area contributed by atoms with Gasteiger partial charge in [0, 0.05) is 59.4 Å². The average Bonchev–Trinajstić information content (AvgIpc) is 4.03. The lowest BCUT2D eigenvalue weighted by atomic mass is 9.94. The first-order chi connectivity index (χ1) is 31.5. The topological polar surface area (TPSA) is 96.0 Å². The molecule has 2 aliphatic heterocycles. The van der Waals surface area contributed by atoms with E-state index in [-0.39, 0.29) is 0 Å². The van der Waals surface area contributed by atoms with Crippen LogP contribution in [0.25, 0.3) is 144 Å². The summed E-state index contributed by atoms with van der Waals surface area (Å²) in [5.41, 5.74) is 8.70. The van der Waals surface area contributed by atoms with Crippen molar-refractivity contribution in [2.45, 2.75) is 0 Å². The highest BCUT2D eigenvalue weighted by Crippen LogP contribution is 2.47. The van der Waals surface area contributed by atoms with Gasteiger partial charge in [-0.1, -0.05) is 120 Å². The van der Waals surface area contributed by atoms with E-state index in [1.54, 1.807) is 6.07 Å². The molecule has 7 nitrogen and oxygen atoms in total. The Morgan fingerprint density at radius 1 is 0.328 bits per heavy atom. The van der Waals surface area contributed by atoms with E-state index in [2.05, 4.69) is 156 Å². The summed E-state index contributed by atoms with van der Waals surface area (Å²) in [6.45, 7) is 0. The van der Waals surface area contributed by atoms with Crippen molar-refractivity contribution in [2.24, 2.45) is 0 Å². The van der Waals surface area contributed by atoms with Gasteiger partial charge >= 0.3 is 0 Å². The summed E-state index contributed by atoms with van der Waals surface area (Å²) in [5, 5.41) is 13.4. The van der Waals surface area contributed by atoms with Gasteiger partial charge in [0.05, 0.1) is 11.2 Å². The number of hydrogen-bond donors (Lipinski definition) is 2. The normalized spacial score (nSPS) is 12.2. The minimum atomic E-state index is 0.508. The molecule has 0 saturated heterocycles. The SMILES string of the molecule is Clc1cc(Cl)cc(-c2c3nc(nc4[nH]c(nc5nc(nc6[nH]c2c2cc7ccccc7cc62)-c2cc6ccccc6cc2-5)c2cc5ccccc5cc42)-c2cc4ccccc4cc2-3)c1. The molecule has 0 saturated carbocycles. The molecular weight excluding hydrogens is 830 g/mol. The Bertz CT molecular complexity index is 4230. The largest absolute Gasteiger partial charge is 0.339 e. The Morgan fingerprint density at radius 3 is 1.16 bits per heavy atom. The number of benzene rings is 9. The molecule has 298 valence electrons. The van der Waals surface area contributed by atoms with Crippen molar-refractivity contribution in [3.05, 3.63) is 174 Å². The summed E-state index contributed by atoms with van der Waals surface area (Å²) < 4.78 is 0. The summed E-state index contributed by atoms with van der Waals surface area (Å²) in [6.07, 6.45) is 0. The van der Waals surface area contributed by atoms with E-state index in [9.17, 15) is 0 Å². The molecule has 0 radical (unpaired) electrons. The van der Waals surface area contributed by atoms with Crippen molar-refractivity contribution in [1.29, 1.82) is 0 Å². The summed E-state index contributed by atoms with van der Waals surface area (Å²) in [5.74, 6) is 1.68. The average molecular weight is 859 g/mol. The molecule has 9 heteroatoms. The van der Waals surface area contributed by atoms with Crippen LogP contribution >= 0.6 is 23.2 Å². The van der Waals surface area contributed by atoms with Gasteiger partial charge in [-0.15, -0.1) is 0 Å². The highest BCUT2D eigenvalue weighted by Gasteiger charge is 2.27. The number of hydrogen-bond acceptors (Lipinski definition) is 5. The third-order valence-electron chi connectivity index (χ3n) is 12.8. The Morgan fingerprint density at radius 2 is 0.688 bits per heavy atom. The predicted octanol–water partition coefficient (Wildman–Crippen LogP) is 15.1. The third kappa shape index (κ3) is 5.38. The van der Waals surface area contributed by atoms with Crippen LogP contribution in [0.3, 0.4) is 0 Å². The van der Waals surface area contributed by atoms with Gasteiger partial charge in [-0.25, -0.2) is 24.9 Å². The lowest BCUT2D eigenvalue weighted by Gasteiger charge is -2.10. The van der Waals surface area contributed by atoms with Crippen LogP contribution in [0.1, 0.15) is 0 Å². The number of rotatable bonds is 1. The molecule has 64 heavy (non-hydrogen) atoms. The number of halogens is 2. The maximum absolute atomic E-state index is 6.89. The molecule has 3 aromatic heterocycles. The molecule has 5 heterocycles. The molecule has 0 unspecified atom stereocenters. The molecule has 8 bridgehead atoms. The molecule has 0 fully saturated rings. The summed E-state index contributed by atoms with van der Waals surface area (Å²) in [6, 6.07) is 56.7. The third-order valence-corrected chi connectivity index (χ3v) is 13.2. The monoisotopic (exact) mass is 857 g/mol. The van der Waals surface area contributed by atoms with Crippen molar-refractivity contribution < 1.29 is 0 Å². The second-order valence-electron chi connectivity index (χ2n) is 16.6. The Balaban J connectivity index is 1.25. The molecule has 0 atom stereocenters. The Labute approximate surface area is 373 Å². The molecular formula is C55H29Cl2N7. The maximum Gasteiger partial charge on any atom is 0.164 e. The first-order valence-electron chi connectivity index (χ1n) is 21.0. The predicted molar refractivity (Wildman–Crippen MR) is 264 cm³/mol. The van der Waals surface area contributed by atoms with Crippen LogP contribution in [0, 0.1) is 0 Å². The van der Waals surface area contributed by atoms with Crippen molar-refractivity contribution in [3.8, 4) is 56.5 Å². The maximum atomic E-state index is 6.89. The quantitative estimate of drug-likeness (QED) is 0.171. The molecule has 0 aliphatic carbocycles. The minimum Gasteiger partial charge on any atom is -0.339 e. The van der Waals surface area contributed by atoms with E-state index in [0.717, 1.165) is 109 Å². The first-order valence-corrected chi connectivity index (χ1v) is 21.8. The Kier molecular flexibility index (Phi) is 7.38. The fourth-order valence-corrected chi connectivity index (χ4v) is 10.3. The second kappa shape index (κ2) is 13.3. The first kappa shape index (κ1) is 35.6. The van der Waals surface area contributed by atoms with Crippen LogP contribution in [-0.4, -0.2) is 34.9 Å². The van der Waals surface area contributed by atoms with Crippen LogP contribution in [-0.2, 0) is 0 Å². The summed E-state index contributed by atoms with van der Waals surface area (Å²) in [4.78, 5) is 34.6. The van der Waals surface area contributed by atoms with Crippen molar-refractivity contribution in [3.63, 3.8) is 0 Å². The van der Waals surface area contributed by atoms with E-state index in [1.807, 2.05) is 12.1 Å². The van der Waals surface area contributed by atoms with Crippen molar-refractivity contribution in [2.75, 3.05) is 0 Å². The van der Waals surface area contributed by atoms with E-state index in [1.165, 1.54) is 0 Å². The zero-order chi connectivity index (χ0) is 42.2. The van der Waals surface area contributed by atoms with Crippen LogP contribution in [0.15, 0.2) is 164 Å². The number of fused-ring (bicyclic) bond motifs is 24. The number of nitrogens with zero attached hydrogens (tertiary/aromatic N) is 5. The highest BCUT2D eigenvalue weighted by molar-refractivity contribution is 6.35. The van der Waals surface area contributed by atoms with Gasteiger partial charge < -0.3 is 9.97 Å². The number of H-pyrrole nitrogens is 2. The molecule has 2 aliphatic rings. The van der Waals surface area contributed by atoms with Gasteiger partial charge in [0.1, 0.15) is 16.9 Å². The zero-order valence-electron chi connectivity index (χ0n) is 33.6. The minimum absolute atomic E-state index is 0.508. The van der Waals surface area contributed by atoms with E-state index < -0.39 is 0 Å². The summed E-state index contributed by atoms with van der Waals surface area (Å²) >= 11 is 13.8. The standard InChI is InChI=1S/C55H29Cl2N7/c56-37-17-36(18-38(57)27-37)47-48-39-19-28-9-1-3-11-30(28)21-41(39)50(58-48)60-52-43-23-32-13-5-7-15-34(32)25-45(43)54(62-52)64-55-46-26-35-16-8-6-14-33(35)24-44(46)53(63-55)61-51-42-22-31-12-4-2-10-29(31)20-40(42)49(47)59-51/h1-27H,(H2,58,59,60,61,62,63,64). The van der Waals surface area contributed by atoms with Gasteiger partial charge in [-0.05, 0) is 115 Å². The van der Waals surface area contributed by atoms with E-state index >= 15 is 0 Å². The summed E-state index contributed by atoms with van der Waals surface area (Å²) in [7, 11) is 0. The fraction of sp³-hybridized carbons (Fsp3) is 0. The number of aromatic amines is 2. The van der Waals surface area contributed by atoms with Crippen molar-refractivity contribution >= 4 is 110 Å². The van der Waals surface area contributed by atoms with Crippen molar-refractivity contribution in [1.82, 2.24) is 34.9 Å². The fourth-order valence-electron chi connectivity index (χ4n) is 9.78.